The lowest BCUT2D eigenvalue weighted by molar-refractivity contribution is -0.129. The van der Waals surface area contributed by atoms with Crippen LogP contribution >= 0.6 is 28.1 Å². The molecule has 0 radical (unpaired) electrons. The van der Waals surface area contributed by atoms with Gasteiger partial charge in [0.25, 0.3) is 5.91 Å². The minimum atomic E-state index is -3.63. The molecule has 0 bridgehead atoms. The highest BCUT2D eigenvalue weighted by atomic mass is 79.9. The molecule has 1 heterocycles. The lowest BCUT2D eigenvalue weighted by Crippen LogP contribution is -2.44. The maximum absolute atomic E-state index is 13.1. The van der Waals surface area contributed by atoms with Gasteiger partial charge < -0.3 is 9.50 Å². The van der Waals surface area contributed by atoms with Gasteiger partial charge in [-0.15, -0.1) is 0 Å². The van der Waals surface area contributed by atoms with Crippen molar-refractivity contribution in [3.63, 3.8) is 0 Å². The monoisotopic (exact) mass is 454 g/mol. The smallest absolute Gasteiger partial charge is 0.306 e. The van der Waals surface area contributed by atoms with Crippen molar-refractivity contribution in [1.82, 2.24) is 10.2 Å². The predicted octanol–water partition coefficient (Wildman–Crippen LogP) is 2.38. The predicted molar refractivity (Wildman–Crippen MR) is 105 cm³/mol. The van der Waals surface area contributed by atoms with Crippen molar-refractivity contribution in [1.29, 1.82) is 0 Å². The molecular formula is C17H15BrN2O4S2. The highest BCUT2D eigenvalue weighted by Gasteiger charge is 2.50. The average Bonchev–Trinajstić information content (AvgIpc) is 2.79. The van der Waals surface area contributed by atoms with E-state index in [-0.39, 0.29) is 11.7 Å². The molecule has 136 valence electrons. The number of likely N-dealkylation sites (N-methyl/N-ethyl adjacent to an activating group) is 1. The van der Waals surface area contributed by atoms with Gasteiger partial charge in [0, 0.05) is 11.5 Å². The molecular weight excluding hydrogens is 440 g/mol. The van der Waals surface area contributed by atoms with E-state index < -0.39 is 15.7 Å². The first-order valence-electron chi connectivity index (χ1n) is 7.50. The van der Waals surface area contributed by atoms with Gasteiger partial charge in [-0.25, -0.2) is 0 Å². The van der Waals surface area contributed by atoms with Crippen molar-refractivity contribution in [2.75, 3.05) is 13.3 Å². The quantitative estimate of drug-likeness (QED) is 0.564. The normalized spacial score (nSPS) is 20.2. The fraction of sp³-hybridized carbons (Fsp3) is 0.176. The maximum Gasteiger partial charge on any atom is 0.306 e. The second-order valence-corrected chi connectivity index (χ2v) is 8.74. The first-order valence-corrected chi connectivity index (χ1v) is 10.5. The Morgan fingerprint density at radius 3 is 2.31 bits per heavy atom. The molecule has 1 atom stereocenters. The number of halogens is 1. The molecule has 0 aliphatic carbocycles. The van der Waals surface area contributed by atoms with Crippen LogP contribution < -0.4 is 9.50 Å². The van der Waals surface area contributed by atoms with Gasteiger partial charge in [-0.2, -0.15) is 8.42 Å². The summed E-state index contributed by atoms with van der Waals surface area (Å²) in [5.41, 5.74) is 0.132. The molecule has 0 aromatic heterocycles. The molecule has 0 saturated carbocycles. The summed E-state index contributed by atoms with van der Waals surface area (Å²) < 4.78 is 28.3. The van der Waals surface area contributed by atoms with Gasteiger partial charge in [-0.1, -0.05) is 40.2 Å². The lowest BCUT2D eigenvalue weighted by atomic mass is 9.82. The molecule has 1 saturated heterocycles. The van der Waals surface area contributed by atoms with E-state index in [1.165, 1.54) is 17.0 Å². The average molecular weight is 455 g/mol. The number of thiocarbonyl (C=S) groups is 1. The molecule has 2 aromatic carbocycles. The lowest BCUT2D eigenvalue weighted by Gasteiger charge is -2.28. The topological polar surface area (TPSA) is 75.7 Å². The fourth-order valence-corrected chi connectivity index (χ4v) is 3.95. The van der Waals surface area contributed by atoms with Gasteiger partial charge in [-0.3, -0.25) is 9.69 Å². The van der Waals surface area contributed by atoms with Crippen LogP contribution in [-0.4, -0.2) is 37.6 Å². The zero-order chi connectivity index (χ0) is 19.1. The number of amides is 1. The molecule has 1 fully saturated rings. The standard InChI is InChI=1S/C17H15BrN2O4S2/c1-20-15(21)17(19-16(20)25,12-4-3-5-13(18)10-12)11-6-8-14(9-7-11)24-26(2,22)23/h3-10H,1-2H3,(H,19,25). The summed E-state index contributed by atoms with van der Waals surface area (Å²) >= 11 is 8.70. The Labute approximate surface area is 165 Å². The van der Waals surface area contributed by atoms with E-state index in [1.54, 1.807) is 19.2 Å². The molecule has 1 aliphatic heterocycles. The second kappa shape index (κ2) is 6.64. The Bertz CT molecular complexity index is 992. The van der Waals surface area contributed by atoms with Crippen molar-refractivity contribution in [2.45, 2.75) is 5.54 Å². The van der Waals surface area contributed by atoms with Crippen LogP contribution in [0.3, 0.4) is 0 Å². The third-order valence-corrected chi connectivity index (χ3v) is 5.38. The van der Waals surface area contributed by atoms with E-state index in [1.807, 2.05) is 24.3 Å². The van der Waals surface area contributed by atoms with Gasteiger partial charge in [0.05, 0.1) is 6.26 Å². The highest BCUT2D eigenvalue weighted by Crippen LogP contribution is 2.37. The van der Waals surface area contributed by atoms with E-state index in [2.05, 4.69) is 21.2 Å². The van der Waals surface area contributed by atoms with Crippen LogP contribution in [0.1, 0.15) is 11.1 Å². The zero-order valence-electron chi connectivity index (χ0n) is 13.9. The number of carbonyl (C=O) groups is 1. The van der Waals surface area contributed by atoms with Gasteiger partial charge in [0.2, 0.25) is 0 Å². The molecule has 1 amide bonds. The van der Waals surface area contributed by atoms with Crippen molar-refractivity contribution in [3.05, 3.63) is 64.1 Å². The molecule has 6 nitrogen and oxygen atoms in total. The molecule has 1 unspecified atom stereocenters. The molecule has 1 aliphatic rings. The number of rotatable bonds is 4. The largest absolute Gasteiger partial charge is 0.383 e. The third kappa shape index (κ3) is 3.34. The molecule has 2 aromatic rings. The van der Waals surface area contributed by atoms with Crippen LogP contribution in [0.2, 0.25) is 0 Å². The highest BCUT2D eigenvalue weighted by molar-refractivity contribution is 9.10. The summed E-state index contributed by atoms with van der Waals surface area (Å²) in [4.78, 5) is 14.5. The summed E-state index contributed by atoms with van der Waals surface area (Å²) in [6, 6.07) is 13.7. The summed E-state index contributed by atoms with van der Waals surface area (Å²) in [6.45, 7) is 0. The summed E-state index contributed by atoms with van der Waals surface area (Å²) in [5, 5.41) is 3.43. The van der Waals surface area contributed by atoms with E-state index in [4.69, 9.17) is 16.4 Å². The molecule has 3 rings (SSSR count). The minimum absolute atomic E-state index is 0.169. The molecule has 26 heavy (non-hydrogen) atoms. The fourth-order valence-electron chi connectivity index (χ4n) is 2.86. The first kappa shape index (κ1) is 18.8. The van der Waals surface area contributed by atoms with E-state index in [0.717, 1.165) is 10.7 Å². The van der Waals surface area contributed by atoms with Crippen molar-refractivity contribution >= 4 is 49.3 Å². The van der Waals surface area contributed by atoms with Crippen molar-refractivity contribution in [2.24, 2.45) is 0 Å². The Hall–Kier alpha value is -1.97. The van der Waals surface area contributed by atoms with Crippen LogP contribution in [0.4, 0.5) is 0 Å². The summed E-state index contributed by atoms with van der Waals surface area (Å²) in [5.74, 6) is -0.0561. The van der Waals surface area contributed by atoms with E-state index in [9.17, 15) is 13.2 Å². The number of carbonyl (C=O) groups excluding carboxylic acids is 1. The number of benzene rings is 2. The number of hydrogen-bond donors (Lipinski definition) is 1. The first-order chi connectivity index (χ1) is 12.1. The SMILES string of the molecule is CN1C(=O)C(c2ccc(OS(C)(=O)=O)cc2)(c2cccc(Br)c2)NC1=S. The number of hydrogen-bond acceptors (Lipinski definition) is 5. The van der Waals surface area contributed by atoms with Crippen molar-refractivity contribution < 1.29 is 17.4 Å². The van der Waals surface area contributed by atoms with Crippen LogP contribution in [-0.2, 0) is 20.5 Å². The van der Waals surface area contributed by atoms with Crippen LogP contribution in [0.5, 0.6) is 5.75 Å². The zero-order valence-corrected chi connectivity index (χ0v) is 17.1. The third-order valence-electron chi connectivity index (χ3n) is 4.02. The minimum Gasteiger partial charge on any atom is -0.383 e. The maximum atomic E-state index is 13.1. The van der Waals surface area contributed by atoms with Crippen LogP contribution in [0.15, 0.2) is 53.0 Å². The Balaban J connectivity index is 2.14. The Morgan fingerprint density at radius 1 is 1.15 bits per heavy atom. The Kier molecular flexibility index (Phi) is 4.80. The number of nitrogens with zero attached hydrogens (tertiary/aromatic N) is 1. The van der Waals surface area contributed by atoms with Crippen LogP contribution in [0, 0.1) is 0 Å². The van der Waals surface area contributed by atoms with Gasteiger partial charge in [0.1, 0.15) is 5.75 Å². The van der Waals surface area contributed by atoms with E-state index in [0.29, 0.717) is 16.2 Å². The summed E-state index contributed by atoms with van der Waals surface area (Å²) in [7, 11) is -2.02. The van der Waals surface area contributed by atoms with Crippen LogP contribution in [0.25, 0.3) is 0 Å². The summed E-state index contributed by atoms with van der Waals surface area (Å²) in [6.07, 6.45) is 0.972. The van der Waals surface area contributed by atoms with Gasteiger partial charge >= 0.3 is 10.1 Å². The van der Waals surface area contributed by atoms with Gasteiger partial charge in [-0.05, 0) is 47.6 Å². The van der Waals surface area contributed by atoms with Crippen molar-refractivity contribution in [3.8, 4) is 5.75 Å². The van der Waals surface area contributed by atoms with E-state index >= 15 is 0 Å². The number of nitrogens with one attached hydrogen (secondary N) is 1. The second-order valence-electron chi connectivity index (χ2n) is 5.87. The molecule has 9 heteroatoms. The molecule has 1 N–H and O–H groups in total. The molecule has 0 spiro atoms. The Morgan fingerprint density at radius 2 is 1.81 bits per heavy atom. The van der Waals surface area contributed by atoms with Gasteiger partial charge in [0.15, 0.2) is 10.7 Å².